The van der Waals surface area contributed by atoms with Gasteiger partial charge in [0, 0.05) is 87.2 Å². The Morgan fingerprint density at radius 3 is 1.63 bits per heavy atom. The smallest absolute Gasteiger partial charge is 0.146 e. The van der Waals surface area contributed by atoms with Crippen LogP contribution in [-0.2, 0) is 0 Å². The molecule has 90 heavy (non-hydrogen) atoms. The Kier molecular flexibility index (Phi) is 12.6. The maximum Gasteiger partial charge on any atom is 0.146 e. The summed E-state index contributed by atoms with van der Waals surface area (Å²) in [5.74, 6) is 1.66. The van der Waals surface area contributed by atoms with Crippen molar-refractivity contribution >= 4 is 76.1 Å². The van der Waals surface area contributed by atoms with Gasteiger partial charge >= 0.3 is 0 Å². The van der Waals surface area contributed by atoms with Gasteiger partial charge in [-0.2, -0.15) is 0 Å². The molecule has 0 amide bonds. The fraction of sp³-hybridized carbons (Fsp3) is 0. The van der Waals surface area contributed by atoms with Crippen molar-refractivity contribution < 1.29 is 0 Å². The van der Waals surface area contributed by atoms with Crippen molar-refractivity contribution in [1.29, 1.82) is 0 Å². The second-order valence-electron chi connectivity index (χ2n) is 22.4. The summed E-state index contributed by atoms with van der Waals surface area (Å²) in [5, 5.41) is 12.0. The fourth-order valence-electron chi connectivity index (χ4n) is 12.9. The highest BCUT2D eigenvalue weighted by molar-refractivity contribution is 6.25. The lowest BCUT2D eigenvalue weighted by molar-refractivity contribution is 1.06. The lowest BCUT2D eigenvalue weighted by atomic mass is 9.90. The molecule has 420 valence electrons. The lowest BCUT2D eigenvalue weighted by Gasteiger charge is -2.15. The maximum atomic E-state index is 5.28. The van der Waals surface area contributed by atoms with E-state index in [4.69, 9.17) is 24.9 Å². The van der Waals surface area contributed by atoms with E-state index in [9.17, 15) is 0 Å². The molecule has 0 atom stereocenters. The van der Waals surface area contributed by atoms with Crippen molar-refractivity contribution in [2.45, 2.75) is 0 Å². The molecule has 18 rings (SSSR count). The van der Waals surface area contributed by atoms with E-state index in [-0.39, 0.29) is 0 Å². The zero-order chi connectivity index (χ0) is 59.5. The van der Waals surface area contributed by atoms with Crippen LogP contribution in [0.1, 0.15) is 0 Å². The van der Waals surface area contributed by atoms with Crippen LogP contribution in [0.25, 0.3) is 166 Å². The van der Waals surface area contributed by atoms with Crippen LogP contribution in [0.2, 0.25) is 0 Å². The van der Waals surface area contributed by atoms with Crippen molar-refractivity contribution in [2.75, 3.05) is 0 Å². The molecule has 0 saturated heterocycles. The SMILES string of the molecule is c1ccc(-c2cc(-c3cccc(-n4c5ccccc5c5cnccc54)n3)cc(-c3ccc4ccc5cccc6ccc3c4c56)n2)nc1.c1ccc(-c2ccc(-c3cc(-c4ccncc4)nc(-c4ccc(-n5c6ccccc6c6cccnc65)nc4)c3)cc2)cc1. The van der Waals surface area contributed by atoms with Gasteiger partial charge in [-0.3, -0.25) is 24.1 Å². The van der Waals surface area contributed by atoms with Gasteiger partial charge in [-0.25, -0.2) is 24.9 Å². The van der Waals surface area contributed by atoms with Gasteiger partial charge in [0.05, 0.1) is 50.7 Å². The molecule has 0 unspecified atom stereocenters. The number of fused-ring (bicyclic) bond motifs is 6. The third-order valence-electron chi connectivity index (χ3n) is 17.1. The molecule has 8 aromatic carbocycles. The summed E-state index contributed by atoms with van der Waals surface area (Å²) in [6.45, 7) is 0. The molecule has 0 fully saturated rings. The number of aromatic nitrogens is 10. The first-order valence-corrected chi connectivity index (χ1v) is 29.9. The zero-order valence-electron chi connectivity index (χ0n) is 48.3. The Morgan fingerprint density at radius 2 is 0.844 bits per heavy atom. The van der Waals surface area contributed by atoms with Crippen LogP contribution in [0.5, 0.6) is 0 Å². The molecule has 0 aliphatic carbocycles. The molecule has 0 aliphatic heterocycles. The van der Waals surface area contributed by atoms with Crippen LogP contribution in [0.15, 0.2) is 304 Å². The van der Waals surface area contributed by atoms with Crippen molar-refractivity contribution in [3.8, 4) is 90.3 Å². The number of hydrogen-bond acceptors (Lipinski definition) is 8. The Morgan fingerprint density at radius 1 is 0.244 bits per heavy atom. The highest BCUT2D eigenvalue weighted by Crippen LogP contribution is 2.41. The van der Waals surface area contributed by atoms with Crippen molar-refractivity contribution in [1.82, 2.24) is 49.0 Å². The lowest BCUT2D eigenvalue weighted by Crippen LogP contribution is -1.99. The molecule has 10 nitrogen and oxygen atoms in total. The molecule has 18 aromatic rings. The summed E-state index contributed by atoms with van der Waals surface area (Å²) in [6.07, 6.45) is 12.9. The van der Waals surface area contributed by atoms with Gasteiger partial charge in [0.25, 0.3) is 0 Å². The fourth-order valence-corrected chi connectivity index (χ4v) is 12.9. The van der Waals surface area contributed by atoms with Crippen molar-refractivity contribution in [2.24, 2.45) is 0 Å². The van der Waals surface area contributed by atoms with Crippen LogP contribution in [0.3, 0.4) is 0 Å². The third-order valence-corrected chi connectivity index (χ3v) is 17.1. The van der Waals surface area contributed by atoms with Gasteiger partial charge in [-0.1, -0.05) is 158 Å². The van der Waals surface area contributed by atoms with Crippen LogP contribution < -0.4 is 0 Å². The van der Waals surface area contributed by atoms with Crippen LogP contribution in [0, 0.1) is 0 Å². The van der Waals surface area contributed by atoms with Crippen LogP contribution in [0.4, 0.5) is 0 Å². The first-order valence-electron chi connectivity index (χ1n) is 29.9. The first kappa shape index (κ1) is 52.0. The van der Waals surface area contributed by atoms with Gasteiger partial charge in [-0.05, 0) is 158 Å². The molecular weight excluding hydrogens is 1100 g/mol. The largest absolute Gasteiger partial charge is 0.294 e. The Hall–Kier alpha value is -12.4. The summed E-state index contributed by atoms with van der Waals surface area (Å²) in [5.41, 5.74) is 17.9. The molecular formula is C80H50N10. The predicted molar refractivity (Wildman–Crippen MR) is 366 cm³/mol. The summed E-state index contributed by atoms with van der Waals surface area (Å²) >= 11 is 0. The highest BCUT2D eigenvalue weighted by atomic mass is 15.1. The van der Waals surface area contributed by atoms with E-state index in [1.54, 1.807) is 12.4 Å². The van der Waals surface area contributed by atoms with E-state index in [2.05, 4.69) is 236 Å². The normalized spacial score (nSPS) is 11.6. The molecule has 10 heteroatoms. The van der Waals surface area contributed by atoms with E-state index in [0.29, 0.717) is 0 Å². The third kappa shape index (κ3) is 9.14. The number of pyridine rings is 8. The van der Waals surface area contributed by atoms with E-state index in [1.165, 1.54) is 43.4 Å². The standard InChI is InChI=1S/C42H25N5.C38H25N5/c1-2-12-38-31(9-1)33-25-43-22-20-39(33)47(38)40-13-6-11-34(46-40)29-23-36(45-37(24-29)35-10-3-4-21-44-35)30-18-16-28-15-14-26-7-5-8-27-17-19-32(30)42(28)41(26)27;1-2-7-26(8-3-1)27-12-14-28(15-13-27)31-23-34(29-18-21-39-22-19-29)42-35(24-31)30-16-17-37(41-25-30)43-36-11-5-4-9-32(36)33-10-6-20-40-38(33)43/h1-25H;1-25H. The monoisotopic (exact) mass is 1150 g/mol. The average Bonchev–Trinajstić information content (AvgIpc) is 1.80. The van der Waals surface area contributed by atoms with Gasteiger partial charge in [0.2, 0.25) is 0 Å². The number of benzene rings is 8. The highest BCUT2D eigenvalue weighted by Gasteiger charge is 2.20. The molecule has 0 bridgehead atoms. The van der Waals surface area contributed by atoms with Gasteiger partial charge < -0.3 is 0 Å². The Labute approximate surface area is 516 Å². The van der Waals surface area contributed by atoms with Gasteiger partial charge in [0.1, 0.15) is 17.3 Å². The van der Waals surface area contributed by atoms with E-state index in [1.807, 2.05) is 79.5 Å². The van der Waals surface area contributed by atoms with Crippen molar-refractivity contribution in [3.63, 3.8) is 0 Å². The molecule has 10 aromatic heterocycles. The number of rotatable bonds is 9. The average molecular weight is 1150 g/mol. The maximum absolute atomic E-state index is 5.28. The zero-order valence-corrected chi connectivity index (χ0v) is 48.3. The summed E-state index contributed by atoms with van der Waals surface area (Å²) in [6, 6.07) is 90.7. The second kappa shape index (κ2) is 21.8. The molecule has 0 saturated carbocycles. The minimum atomic E-state index is 0.805. The molecule has 0 spiro atoms. The van der Waals surface area contributed by atoms with Crippen LogP contribution in [-0.4, -0.2) is 49.0 Å². The topological polar surface area (TPSA) is 113 Å². The molecule has 10 heterocycles. The van der Waals surface area contributed by atoms with Gasteiger partial charge in [-0.15, -0.1) is 0 Å². The second-order valence-corrected chi connectivity index (χ2v) is 22.4. The minimum Gasteiger partial charge on any atom is -0.294 e. The van der Waals surface area contributed by atoms with E-state index in [0.717, 1.165) is 123 Å². The van der Waals surface area contributed by atoms with Gasteiger partial charge in [0.15, 0.2) is 0 Å². The minimum absolute atomic E-state index is 0.805. The summed E-state index contributed by atoms with van der Waals surface area (Å²) in [4.78, 5) is 38.5. The molecule has 0 aliphatic rings. The van der Waals surface area contributed by atoms with E-state index >= 15 is 0 Å². The summed E-state index contributed by atoms with van der Waals surface area (Å²) < 4.78 is 4.34. The molecule has 0 radical (unpaired) electrons. The predicted octanol–water partition coefficient (Wildman–Crippen LogP) is 19.3. The van der Waals surface area contributed by atoms with Crippen molar-refractivity contribution in [3.05, 3.63) is 304 Å². The van der Waals surface area contributed by atoms with E-state index < -0.39 is 0 Å². The summed E-state index contributed by atoms with van der Waals surface area (Å²) in [7, 11) is 0. The Bertz CT molecular complexity index is 5590. The number of hydrogen-bond donors (Lipinski definition) is 0. The molecule has 0 N–H and O–H groups in total. The number of para-hydroxylation sites is 2. The Balaban J connectivity index is 0.000000139. The quantitative estimate of drug-likeness (QED) is 0.131. The van der Waals surface area contributed by atoms with Crippen LogP contribution >= 0.6 is 0 Å². The first-order chi connectivity index (χ1) is 44.6. The number of nitrogens with zero attached hydrogens (tertiary/aromatic N) is 10.